The average molecular weight is 353 g/mol. The minimum atomic E-state index is -0.0887. The van der Waals surface area contributed by atoms with E-state index in [1.807, 2.05) is 48.5 Å². The van der Waals surface area contributed by atoms with E-state index in [-0.39, 0.29) is 5.91 Å². The standard InChI is InChI=1S/C18H15N3OS2/c19-9-10-23-12-17(22)20-14-7-5-13(6-8-14)11-18-21-15-3-1-2-4-16(15)24-18/h1-8H,10-12H2,(H,20,22). The lowest BCUT2D eigenvalue weighted by molar-refractivity contribution is -0.113. The van der Waals surface area contributed by atoms with Crippen LogP contribution in [-0.2, 0) is 11.2 Å². The van der Waals surface area contributed by atoms with Gasteiger partial charge in [0.2, 0.25) is 5.91 Å². The highest BCUT2D eigenvalue weighted by Crippen LogP contribution is 2.24. The van der Waals surface area contributed by atoms with Gasteiger partial charge in [-0.25, -0.2) is 4.98 Å². The van der Waals surface area contributed by atoms with Gasteiger partial charge in [0.1, 0.15) is 0 Å². The van der Waals surface area contributed by atoms with Crippen molar-refractivity contribution in [3.8, 4) is 6.07 Å². The second kappa shape index (κ2) is 7.95. The third-order valence-electron chi connectivity index (χ3n) is 3.33. The maximum Gasteiger partial charge on any atom is 0.234 e. The Labute approximate surface area is 148 Å². The monoisotopic (exact) mass is 353 g/mol. The molecule has 0 aliphatic heterocycles. The Hall–Kier alpha value is -2.36. The zero-order chi connectivity index (χ0) is 16.8. The molecule has 0 saturated heterocycles. The Kier molecular flexibility index (Phi) is 5.47. The van der Waals surface area contributed by atoms with Crippen LogP contribution in [-0.4, -0.2) is 22.4 Å². The predicted octanol–water partition coefficient (Wildman–Crippen LogP) is 4.08. The van der Waals surface area contributed by atoms with Gasteiger partial charge < -0.3 is 5.32 Å². The molecule has 1 N–H and O–H groups in total. The number of benzene rings is 2. The van der Waals surface area contributed by atoms with Gasteiger partial charge in [0.05, 0.1) is 32.8 Å². The normalized spacial score (nSPS) is 10.5. The second-order valence-corrected chi connectivity index (χ2v) is 7.25. The summed E-state index contributed by atoms with van der Waals surface area (Å²) < 4.78 is 1.20. The number of hydrogen-bond donors (Lipinski definition) is 1. The molecule has 3 rings (SSSR count). The number of rotatable bonds is 6. The Morgan fingerprint density at radius 1 is 1.21 bits per heavy atom. The highest BCUT2D eigenvalue weighted by molar-refractivity contribution is 8.00. The molecule has 3 aromatic rings. The summed E-state index contributed by atoms with van der Waals surface area (Å²) in [4.78, 5) is 16.4. The van der Waals surface area contributed by atoms with E-state index in [1.165, 1.54) is 16.5 Å². The predicted molar refractivity (Wildman–Crippen MR) is 100 cm³/mol. The SMILES string of the molecule is N#CCSCC(=O)Nc1ccc(Cc2nc3ccccc3s2)cc1. The molecule has 2 aromatic carbocycles. The summed E-state index contributed by atoms with van der Waals surface area (Å²) in [5.41, 5.74) is 2.97. The quantitative estimate of drug-likeness (QED) is 0.678. The van der Waals surface area contributed by atoms with Crippen molar-refractivity contribution in [3.63, 3.8) is 0 Å². The van der Waals surface area contributed by atoms with Crippen LogP contribution in [0.3, 0.4) is 0 Å². The summed E-state index contributed by atoms with van der Waals surface area (Å²) in [6, 6.07) is 17.9. The minimum Gasteiger partial charge on any atom is -0.325 e. The molecule has 0 spiro atoms. The van der Waals surface area contributed by atoms with E-state index in [0.29, 0.717) is 11.5 Å². The van der Waals surface area contributed by atoms with Gasteiger partial charge in [-0.15, -0.1) is 23.1 Å². The van der Waals surface area contributed by atoms with Crippen molar-refractivity contribution >= 4 is 44.9 Å². The van der Waals surface area contributed by atoms with Crippen LogP contribution in [0.5, 0.6) is 0 Å². The summed E-state index contributed by atoms with van der Waals surface area (Å²) in [5, 5.41) is 12.4. The van der Waals surface area contributed by atoms with E-state index >= 15 is 0 Å². The first kappa shape index (κ1) is 16.5. The lowest BCUT2D eigenvalue weighted by Gasteiger charge is -2.05. The minimum absolute atomic E-state index is 0.0887. The van der Waals surface area contributed by atoms with E-state index in [9.17, 15) is 4.79 Å². The largest absolute Gasteiger partial charge is 0.325 e. The summed E-state index contributed by atoms with van der Waals surface area (Å²) in [7, 11) is 0. The van der Waals surface area contributed by atoms with E-state index in [2.05, 4.69) is 16.4 Å². The van der Waals surface area contributed by atoms with Gasteiger partial charge >= 0.3 is 0 Å². The average Bonchev–Trinajstić information content (AvgIpc) is 2.99. The fourth-order valence-corrected chi connectivity index (χ4v) is 3.71. The van der Waals surface area contributed by atoms with Crippen molar-refractivity contribution < 1.29 is 4.79 Å². The van der Waals surface area contributed by atoms with Crippen LogP contribution >= 0.6 is 23.1 Å². The molecule has 6 heteroatoms. The summed E-state index contributed by atoms with van der Waals surface area (Å²) in [5.74, 6) is 0.532. The number of nitrogens with zero attached hydrogens (tertiary/aromatic N) is 2. The molecule has 4 nitrogen and oxygen atoms in total. The number of carbonyl (C=O) groups excluding carboxylic acids is 1. The van der Waals surface area contributed by atoms with Gasteiger partial charge in [0, 0.05) is 12.1 Å². The molecule has 0 radical (unpaired) electrons. The second-order valence-electron chi connectivity index (χ2n) is 5.15. The number of anilines is 1. The lowest BCUT2D eigenvalue weighted by Crippen LogP contribution is -2.14. The molecule has 0 unspecified atom stereocenters. The third-order valence-corrected chi connectivity index (χ3v) is 5.17. The molecule has 1 aromatic heterocycles. The molecule has 1 heterocycles. The van der Waals surface area contributed by atoms with Crippen LogP contribution in [0, 0.1) is 11.3 Å². The molecule has 1 amide bonds. The molecule has 0 atom stereocenters. The van der Waals surface area contributed by atoms with Crippen molar-refractivity contribution in [1.29, 1.82) is 5.26 Å². The first-order chi connectivity index (χ1) is 11.7. The molecule has 0 bridgehead atoms. The van der Waals surface area contributed by atoms with Gasteiger partial charge in [-0.05, 0) is 29.8 Å². The fourth-order valence-electron chi connectivity index (χ4n) is 2.26. The van der Waals surface area contributed by atoms with Gasteiger partial charge in [0.15, 0.2) is 0 Å². The van der Waals surface area contributed by atoms with Gasteiger partial charge in [0.25, 0.3) is 0 Å². The van der Waals surface area contributed by atoms with Crippen molar-refractivity contribution in [3.05, 3.63) is 59.1 Å². The molecule has 0 aliphatic carbocycles. The fraction of sp³-hybridized carbons (Fsp3) is 0.167. The molecule has 0 saturated carbocycles. The van der Waals surface area contributed by atoms with Crippen LogP contribution in [0.15, 0.2) is 48.5 Å². The van der Waals surface area contributed by atoms with Crippen LogP contribution in [0.4, 0.5) is 5.69 Å². The number of thiazole rings is 1. The molecule has 0 fully saturated rings. The number of thioether (sulfide) groups is 1. The van der Waals surface area contributed by atoms with Crippen LogP contribution < -0.4 is 5.32 Å². The highest BCUT2D eigenvalue weighted by Gasteiger charge is 2.06. The van der Waals surface area contributed by atoms with E-state index < -0.39 is 0 Å². The van der Waals surface area contributed by atoms with E-state index in [1.54, 1.807) is 11.3 Å². The lowest BCUT2D eigenvalue weighted by atomic mass is 10.1. The number of para-hydroxylation sites is 1. The van der Waals surface area contributed by atoms with Crippen LogP contribution in [0.25, 0.3) is 10.2 Å². The summed E-state index contributed by atoms with van der Waals surface area (Å²) in [6.07, 6.45) is 0.783. The number of nitriles is 1. The third kappa shape index (κ3) is 4.34. The number of fused-ring (bicyclic) bond motifs is 1. The zero-order valence-electron chi connectivity index (χ0n) is 12.9. The summed E-state index contributed by atoms with van der Waals surface area (Å²) in [6.45, 7) is 0. The number of nitrogens with one attached hydrogen (secondary N) is 1. The first-order valence-corrected chi connectivity index (χ1v) is 9.39. The van der Waals surface area contributed by atoms with Crippen LogP contribution in [0.1, 0.15) is 10.6 Å². The number of amides is 1. The molecule has 24 heavy (non-hydrogen) atoms. The van der Waals surface area contributed by atoms with E-state index in [4.69, 9.17) is 5.26 Å². The van der Waals surface area contributed by atoms with Gasteiger partial charge in [-0.2, -0.15) is 5.26 Å². The molecular weight excluding hydrogens is 338 g/mol. The highest BCUT2D eigenvalue weighted by atomic mass is 32.2. The first-order valence-electron chi connectivity index (χ1n) is 7.42. The Balaban J connectivity index is 1.60. The van der Waals surface area contributed by atoms with Crippen molar-refractivity contribution in [2.45, 2.75) is 6.42 Å². The number of hydrogen-bond acceptors (Lipinski definition) is 5. The van der Waals surface area contributed by atoms with E-state index in [0.717, 1.165) is 28.2 Å². The van der Waals surface area contributed by atoms with Crippen molar-refractivity contribution in [1.82, 2.24) is 4.98 Å². The topological polar surface area (TPSA) is 65.8 Å². The Bertz CT molecular complexity index is 848. The molecule has 0 aliphatic rings. The Morgan fingerprint density at radius 3 is 2.75 bits per heavy atom. The van der Waals surface area contributed by atoms with Crippen molar-refractivity contribution in [2.24, 2.45) is 0 Å². The van der Waals surface area contributed by atoms with Gasteiger partial charge in [-0.3, -0.25) is 4.79 Å². The maximum atomic E-state index is 11.7. The maximum absolute atomic E-state index is 11.7. The number of aromatic nitrogens is 1. The zero-order valence-corrected chi connectivity index (χ0v) is 14.5. The smallest absolute Gasteiger partial charge is 0.234 e. The summed E-state index contributed by atoms with van der Waals surface area (Å²) >= 11 is 3.02. The Morgan fingerprint density at radius 2 is 2.00 bits per heavy atom. The molecule has 120 valence electrons. The number of carbonyl (C=O) groups is 1. The van der Waals surface area contributed by atoms with Gasteiger partial charge in [-0.1, -0.05) is 24.3 Å². The molecular formula is C18H15N3OS2. The van der Waals surface area contributed by atoms with Crippen LogP contribution in [0.2, 0.25) is 0 Å². The van der Waals surface area contributed by atoms with Crippen molar-refractivity contribution in [2.75, 3.05) is 16.8 Å².